The van der Waals surface area contributed by atoms with E-state index in [9.17, 15) is 0 Å². The van der Waals surface area contributed by atoms with E-state index in [1.54, 1.807) is 33.4 Å². The quantitative estimate of drug-likeness (QED) is 0.203. The molecule has 3 aromatic rings. The molecule has 3 aliphatic rings. The van der Waals surface area contributed by atoms with Crippen LogP contribution in [0.1, 0.15) is 99.6 Å². The Morgan fingerprint density at radius 1 is 0.447 bits per heavy atom. The second kappa shape index (κ2) is 10.3. The van der Waals surface area contributed by atoms with Crippen LogP contribution in [-0.2, 0) is 14.2 Å². The first-order valence-corrected chi connectivity index (χ1v) is 17.8. The lowest BCUT2D eigenvalue weighted by atomic mass is 9.68. The Balaban J connectivity index is 1.75. The molecule has 0 radical (unpaired) electrons. The molecule has 0 atom stereocenters. The van der Waals surface area contributed by atoms with Gasteiger partial charge < -0.3 is 0 Å². The van der Waals surface area contributed by atoms with Crippen molar-refractivity contribution in [2.75, 3.05) is 17.3 Å². The van der Waals surface area contributed by atoms with Gasteiger partial charge in [0, 0.05) is 5.41 Å². The summed E-state index contributed by atoms with van der Waals surface area (Å²) >= 11 is 6.83. The fraction of sp³-hybridized carbons (Fsp3) is 0.486. The van der Waals surface area contributed by atoms with Gasteiger partial charge in [0.05, 0.1) is 14.2 Å². The third-order valence-electron chi connectivity index (χ3n) is 9.62. The summed E-state index contributed by atoms with van der Waals surface area (Å²) < 4.78 is -0.188. The normalized spacial score (nSPS) is 29.7. The van der Waals surface area contributed by atoms with Crippen LogP contribution in [0.5, 0.6) is 0 Å². The van der Waals surface area contributed by atoms with Crippen molar-refractivity contribution in [3.8, 4) is 0 Å². The SMILES string of the molecule is CCCCSC12c3ccccc3C3(SCCCC)c4ccccc4C(SCCCC)(c4ccccc41)C23C. The molecule has 0 bridgehead atoms. The first-order chi connectivity index (χ1) is 18.6. The van der Waals surface area contributed by atoms with Crippen molar-refractivity contribution in [3.63, 3.8) is 0 Å². The van der Waals surface area contributed by atoms with Gasteiger partial charge in [0.2, 0.25) is 0 Å². The molecular formula is C35H42S3. The van der Waals surface area contributed by atoms with Crippen molar-refractivity contribution in [1.82, 2.24) is 0 Å². The molecule has 3 heteroatoms. The number of thioether (sulfide) groups is 3. The van der Waals surface area contributed by atoms with Crippen LogP contribution in [0.2, 0.25) is 0 Å². The third-order valence-corrected chi connectivity index (χ3v) is 14.9. The summed E-state index contributed by atoms with van der Waals surface area (Å²) in [5.74, 6) is 3.61. The molecule has 3 aliphatic carbocycles. The van der Waals surface area contributed by atoms with Crippen LogP contribution < -0.4 is 0 Å². The van der Waals surface area contributed by atoms with Crippen LogP contribution >= 0.6 is 35.3 Å². The van der Waals surface area contributed by atoms with Gasteiger partial charge >= 0.3 is 0 Å². The molecule has 0 saturated carbocycles. The van der Waals surface area contributed by atoms with Crippen LogP contribution in [0.4, 0.5) is 0 Å². The van der Waals surface area contributed by atoms with Crippen molar-refractivity contribution in [3.05, 3.63) is 106 Å². The van der Waals surface area contributed by atoms with Crippen LogP contribution in [0.15, 0.2) is 72.8 Å². The van der Waals surface area contributed by atoms with Gasteiger partial charge in [-0.3, -0.25) is 0 Å². The number of rotatable bonds is 12. The van der Waals surface area contributed by atoms with Gasteiger partial charge in [-0.05, 0) is 69.9 Å². The first-order valence-electron chi connectivity index (χ1n) is 14.8. The van der Waals surface area contributed by atoms with Crippen LogP contribution in [0.3, 0.4) is 0 Å². The summed E-state index contributed by atoms with van der Waals surface area (Å²) in [4.78, 5) is 0. The molecule has 6 rings (SSSR count). The predicted octanol–water partition coefficient (Wildman–Crippen LogP) is 10.4. The molecule has 0 amide bonds. The fourth-order valence-electron chi connectivity index (χ4n) is 8.09. The maximum atomic E-state index is 2.73. The van der Waals surface area contributed by atoms with Gasteiger partial charge in [-0.1, -0.05) is 120 Å². The molecule has 0 saturated heterocycles. The average molecular weight is 559 g/mol. The van der Waals surface area contributed by atoms with Gasteiger partial charge in [-0.25, -0.2) is 0 Å². The molecule has 0 aliphatic heterocycles. The van der Waals surface area contributed by atoms with E-state index in [0.717, 1.165) is 0 Å². The van der Waals surface area contributed by atoms with E-state index in [1.807, 2.05) is 0 Å². The van der Waals surface area contributed by atoms with Crippen LogP contribution in [-0.4, -0.2) is 17.3 Å². The Morgan fingerprint density at radius 2 is 0.684 bits per heavy atom. The van der Waals surface area contributed by atoms with Gasteiger partial charge in [-0.15, -0.1) is 35.3 Å². The third kappa shape index (κ3) is 3.10. The average Bonchev–Trinajstić information content (AvgIpc) is 3.37. The van der Waals surface area contributed by atoms with Crippen molar-refractivity contribution >= 4 is 35.3 Å². The van der Waals surface area contributed by atoms with E-state index < -0.39 is 0 Å². The van der Waals surface area contributed by atoms with Crippen molar-refractivity contribution in [2.45, 2.75) is 80.5 Å². The van der Waals surface area contributed by atoms with Gasteiger partial charge in [0.1, 0.15) is 0 Å². The first kappa shape index (κ1) is 26.9. The van der Waals surface area contributed by atoms with Crippen LogP contribution in [0.25, 0.3) is 0 Å². The van der Waals surface area contributed by atoms with Gasteiger partial charge in [-0.2, -0.15) is 0 Å². The molecular weight excluding hydrogens is 517 g/mol. The molecule has 0 aromatic heterocycles. The minimum Gasteiger partial charge on any atom is -0.145 e. The van der Waals surface area contributed by atoms with Crippen molar-refractivity contribution < 1.29 is 0 Å². The minimum atomic E-state index is -0.0627. The predicted molar refractivity (Wildman–Crippen MR) is 172 cm³/mol. The van der Waals surface area contributed by atoms with E-state index >= 15 is 0 Å². The Kier molecular flexibility index (Phi) is 7.28. The number of benzene rings is 3. The smallest absolute Gasteiger partial charge is 0.0756 e. The van der Waals surface area contributed by atoms with E-state index in [1.165, 1.54) is 55.8 Å². The molecule has 200 valence electrons. The fourth-order valence-corrected chi connectivity index (χ4v) is 14.3. The Labute approximate surface area is 243 Å². The molecule has 0 fully saturated rings. The van der Waals surface area contributed by atoms with Gasteiger partial charge in [0.25, 0.3) is 0 Å². The minimum absolute atomic E-state index is 0.0146. The Bertz CT molecular complexity index is 1080. The van der Waals surface area contributed by atoms with Crippen molar-refractivity contribution in [1.29, 1.82) is 0 Å². The summed E-state index contributed by atoms with van der Waals surface area (Å²) in [5, 5.41) is 0. The largest absolute Gasteiger partial charge is 0.145 e. The maximum Gasteiger partial charge on any atom is 0.0756 e. The molecule has 0 spiro atoms. The summed E-state index contributed by atoms with van der Waals surface area (Å²) in [7, 11) is 0. The topological polar surface area (TPSA) is 0 Å². The molecule has 0 N–H and O–H groups in total. The zero-order valence-electron chi connectivity index (χ0n) is 23.5. The Morgan fingerprint density at radius 3 is 0.895 bits per heavy atom. The highest BCUT2D eigenvalue weighted by molar-refractivity contribution is 8.03. The lowest BCUT2D eigenvalue weighted by molar-refractivity contribution is 0.223. The second-order valence-corrected chi connectivity index (χ2v) is 15.3. The number of unbranched alkanes of at least 4 members (excludes halogenated alkanes) is 3. The molecule has 0 heterocycles. The van der Waals surface area contributed by atoms with E-state index in [2.05, 4.69) is 136 Å². The van der Waals surface area contributed by atoms with E-state index in [-0.39, 0.29) is 19.7 Å². The summed E-state index contributed by atoms with van der Waals surface area (Å²) in [6.07, 6.45) is 7.55. The highest BCUT2D eigenvalue weighted by Crippen LogP contribution is 2.89. The molecule has 0 nitrogen and oxygen atoms in total. The zero-order valence-corrected chi connectivity index (χ0v) is 26.0. The summed E-state index contributed by atoms with van der Waals surface area (Å²) in [6, 6.07) is 28.9. The van der Waals surface area contributed by atoms with Crippen molar-refractivity contribution in [2.24, 2.45) is 5.41 Å². The second-order valence-electron chi connectivity index (χ2n) is 11.4. The number of hydrogen-bond donors (Lipinski definition) is 0. The highest BCUT2D eigenvalue weighted by Gasteiger charge is 2.84. The summed E-state index contributed by atoms with van der Waals surface area (Å²) in [6.45, 7) is 9.74. The number of fused-ring (bicyclic) bond motifs is 9. The lowest BCUT2D eigenvalue weighted by Gasteiger charge is -2.52. The Hall–Kier alpha value is -1.29. The molecule has 3 aromatic carbocycles. The monoisotopic (exact) mass is 558 g/mol. The van der Waals surface area contributed by atoms with Gasteiger partial charge in [0.15, 0.2) is 0 Å². The molecule has 0 unspecified atom stereocenters. The van der Waals surface area contributed by atoms with E-state index in [4.69, 9.17) is 0 Å². The van der Waals surface area contributed by atoms with Crippen LogP contribution in [0, 0.1) is 5.41 Å². The molecule has 38 heavy (non-hydrogen) atoms. The highest BCUT2D eigenvalue weighted by atomic mass is 32.2. The summed E-state index contributed by atoms with van der Waals surface area (Å²) in [5.41, 5.74) is 9.53. The zero-order chi connectivity index (χ0) is 26.4. The maximum absolute atomic E-state index is 2.73. The van der Waals surface area contributed by atoms with E-state index in [0.29, 0.717) is 0 Å². The number of hydrogen-bond acceptors (Lipinski definition) is 3. The standard InChI is InChI=1S/C35H42S3/c1-5-8-23-36-33-26-17-11-13-19-28(26)34(37-24-9-6-2)30-21-15-16-22-31(30)35(32(33,34)4,38-25-10-7-3)29-20-14-12-18-27(29)33/h11-22H,5-10,23-25H2,1-4H3. The lowest BCUT2D eigenvalue weighted by Crippen LogP contribution is -2.51.